The summed E-state index contributed by atoms with van der Waals surface area (Å²) >= 11 is 0. The molecule has 1 heterocycles. The van der Waals surface area contributed by atoms with Gasteiger partial charge in [-0.3, -0.25) is 9.52 Å². The lowest BCUT2D eigenvalue weighted by Crippen LogP contribution is -2.27. The van der Waals surface area contributed by atoms with E-state index in [4.69, 9.17) is 0 Å². The van der Waals surface area contributed by atoms with Gasteiger partial charge in [0.05, 0.1) is 5.75 Å². The Morgan fingerprint density at radius 1 is 1.10 bits per heavy atom. The quantitative estimate of drug-likeness (QED) is 0.920. The highest BCUT2D eigenvalue weighted by Gasteiger charge is 2.14. The van der Waals surface area contributed by atoms with Gasteiger partial charge < -0.3 is 4.57 Å². The Kier molecular flexibility index (Phi) is 4.47. The molecule has 1 aromatic carbocycles. The van der Waals surface area contributed by atoms with Crippen LogP contribution < -0.4 is 10.3 Å². The first-order valence-corrected chi connectivity index (χ1v) is 8.33. The summed E-state index contributed by atoms with van der Waals surface area (Å²) in [6, 6.07) is 12.1. The molecule has 0 unspecified atom stereocenters. The molecule has 0 saturated heterocycles. The first-order valence-electron chi connectivity index (χ1n) is 6.68. The molecular formula is C15H18N2O3S. The summed E-state index contributed by atoms with van der Waals surface area (Å²) in [4.78, 5) is 12.2. The van der Waals surface area contributed by atoms with Crippen LogP contribution in [0.15, 0.2) is 47.3 Å². The minimum Gasteiger partial charge on any atom is -0.311 e. The summed E-state index contributed by atoms with van der Waals surface area (Å²) in [6.07, 6.45) is 0. The average Bonchev–Trinajstić information content (AvgIpc) is 2.43. The molecule has 0 fully saturated rings. The zero-order chi connectivity index (χ0) is 15.5. The van der Waals surface area contributed by atoms with Crippen LogP contribution in [0.2, 0.25) is 0 Å². The van der Waals surface area contributed by atoms with Gasteiger partial charge in [0.25, 0.3) is 5.56 Å². The molecule has 0 aliphatic rings. The summed E-state index contributed by atoms with van der Waals surface area (Å²) in [7, 11) is -3.61. The summed E-state index contributed by atoms with van der Waals surface area (Å²) in [5.41, 5.74) is 1.23. The molecule has 0 saturated carbocycles. The number of aromatic nitrogens is 1. The molecule has 21 heavy (non-hydrogen) atoms. The summed E-state index contributed by atoms with van der Waals surface area (Å²) < 4.78 is 28.2. The molecule has 112 valence electrons. The highest BCUT2D eigenvalue weighted by atomic mass is 32.2. The third-order valence-corrected chi connectivity index (χ3v) is 4.42. The fourth-order valence-electron chi connectivity index (χ4n) is 2.14. The van der Waals surface area contributed by atoms with Gasteiger partial charge in [0.2, 0.25) is 10.0 Å². The van der Waals surface area contributed by atoms with E-state index >= 15 is 0 Å². The van der Waals surface area contributed by atoms with E-state index in [1.807, 2.05) is 19.9 Å². The molecule has 0 bridgehead atoms. The van der Waals surface area contributed by atoms with Crippen LogP contribution in [0.25, 0.3) is 0 Å². The Bertz CT molecular complexity index is 780. The van der Waals surface area contributed by atoms with Gasteiger partial charge in [-0.25, -0.2) is 8.42 Å². The van der Waals surface area contributed by atoms with Crippen molar-refractivity contribution in [2.24, 2.45) is 0 Å². The van der Waals surface area contributed by atoms with Gasteiger partial charge >= 0.3 is 0 Å². The molecule has 6 heteroatoms. The smallest absolute Gasteiger partial charge is 0.275 e. The molecule has 1 N–H and O–H groups in total. The van der Waals surface area contributed by atoms with Gasteiger partial charge in [-0.2, -0.15) is 0 Å². The number of benzene rings is 1. The third-order valence-electron chi connectivity index (χ3n) is 3.17. The highest BCUT2D eigenvalue weighted by Crippen LogP contribution is 2.10. The van der Waals surface area contributed by atoms with E-state index in [9.17, 15) is 13.2 Å². The van der Waals surface area contributed by atoms with Crippen molar-refractivity contribution in [3.8, 4) is 0 Å². The minimum absolute atomic E-state index is 0.0818. The predicted octanol–water partition coefficient (Wildman–Crippen LogP) is 2.12. The zero-order valence-corrected chi connectivity index (χ0v) is 12.9. The highest BCUT2D eigenvalue weighted by molar-refractivity contribution is 7.91. The summed E-state index contributed by atoms with van der Waals surface area (Å²) in [5.74, 6) is -0.159. The number of nitrogens with one attached hydrogen (secondary N) is 1. The van der Waals surface area contributed by atoms with E-state index in [0.29, 0.717) is 12.1 Å². The first kappa shape index (κ1) is 15.3. The second-order valence-corrected chi connectivity index (χ2v) is 6.51. The van der Waals surface area contributed by atoms with Crippen LogP contribution in [-0.4, -0.2) is 13.0 Å². The largest absolute Gasteiger partial charge is 0.311 e. The minimum atomic E-state index is -3.61. The van der Waals surface area contributed by atoms with E-state index in [0.717, 1.165) is 5.69 Å². The lowest BCUT2D eigenvalue weighted by atomic mass is 10.2. The summed E-state index contributed by atoms with van der Waals surface area (Å²) in [6.45, 7) is 4.16. The van der Waals surface area contributed by atoms with Gasteiger partial charge in [0.1, 0.15) is 5.69 Å². The van der Waals surface area contributed by atoms with Crippen LogP contribution in [0.5, 0.6) is 0 Å². The maximum Gasteiger partial charge on any atom is 0.275 e. The lowest BCUT2D eigenvalue weighted by molar-refractivity contribution is 0.600. The van der Waals surface area contributed by atoms with E-state index < -0.39 is 10.0 Å². The fraction of sp³-hybridized carbons (Fsp3) is 0.267. The van der Waals surface area contributed by atoms with Crippen molar-refractivity contribution in [3.05, 3.63) is 64.1 Å². The third kappa shape index (κ3) is 3.72. The Balaban J connectivity index is 2.27. The molecule has 0 atom stereocenters. The van der Waals surface area contributed by atoms with Crippen molar-refractivity contribution >= 4 is 15.7 Å². The number of pyridine rings is 1. The van der Waals surface area contributed by atoms with Gasteiger partial charge in [-0.15, -0.1) is 0 Å². The molecule has 5 nitrogen and oxygen atoms in total. The molecule has 0 aliphatic heterocycles. The van der Waals surface area contributed by atoms with Crippen LogP contribution in [0, 0.1) is 6.92 Å². The van der Waals surface area contributed by atoms with Crippen molar-refractivity contribution < 1.29 is 8.42 Å². The fourth-order valence-corrected chi connectivity index (χ4v) is 3.33. The standard InChI is InChI=1S/C15H18N2O3S/c1-3-17-12(2)9-10-14(15(17)18)16-21(19,20)11-13-7-5-4-6-8-13/h4-10,16H,3,11H2,1-2H3. The van der Waals surface area contributed by atoms with Crippen LogP contribution in [0.3, 0.4) is 0 Å². The number of sulfonamides is 1. The maximum absolute atomic E-state index is 12.2. The summed E-state index contributed by atoms with van der Waals surface area (Å²) in [5, 5.41) is 0. The molecule has 0 amide bonds. The number of anilines is 1. The monoisotopic (exact) mass is 306 g/mol. The second kappa shape index (κ2) is 6.13. The van der Waals surface area contributed by atoms with Crippen molar-refractivity contribution in [1.29, 1.82) is 0 Å². The number of hydrogen-bond acceptors (Lipinski definition) is 3. The van der Waals surface area contributed by atoms with Gasteiger partial charge in [0.15, 0.2) is 0 Å². The van der Waals surface area contributed by atoms with E-state index in [1.54, 1.807) is 30.3 Å². The number of nitrogens with zero attached hydrogens (tertiary/aromatic N) is 1. The molecule has 2 rings (SSSR count). The molecule has 0 aliphatic carbocycles. The number of aryl methyl sites for hydroxylation is 1. The van der Waals surface area contributed by atoms with Crippen LogP contribution in [-0.2, 0) is 22.3 Å². The SMILES string of the molecule is CCn1c(C)ccc(NS(=O)(=O)Cc2ccccc2)c1=O. The number of rotatable bonds is 5. The van der Waals surface area contributed by atoms with Crippen LogP contribution >= 0.6 is 0 Å². The first-order chi connectivity index (χ1) is 9.93. The molecular weight excluding hydrogens is 288 g/mol. The lowest BCUT2D eigenvalue weighted by Gasteiger charge is -2.11. The molecule has 0 spiro atoms. The van der Waals surface area contributed by atoms with Crippen molar-refractivity contribution in [3.63, 3.8) is 0 Å². The Labute approximate surface area is 124 Å². The molecule has 0 radical (unpaired) electrons. The second-order valence-electron chi connectivity index (χ2n) is 4.78. The van der Waals surface area contributed by atoms with Crippen molar-refractivity contribution in [2.75, 3.05) is 4.72 Å². The number of hydrogen-bond donors (Lipinski definition) is 1. The van der Waals surface area contributed by atoms with Gasteiger partial charge in [0, 0.05) is 12.2 Å². The topological polar surface area (TPSA) is 68.2 Å². The molecule has 2 aromatic rings. The zero-order valence-electron chi connectivity index (χ0n) is 12.0. The van der Waals surface area contributed by atoms with E-state index in [1.165, 1.54) is 10.6 Å². The van der Waals surface area contributed by atoms with Crippen molar-refractivity contribution in [1.82, 2.24) is 4.57 Å². The Morgan fingerprint density at radius 3 is 2.38 bits per heavy atom. The maximum atomic E-state index is 12.2. The molecule has 1 aromatic heterocycles. The normalized spacial score (nSPS) is 11.3. The Hall–Kier alpha value is -2.08. The van der Waals surface area contributed by atoms with Gasteiger partial charge in [-0.1, -0.05) is 30.3 Å². The van der Waals surface area contributed by atoms with E-state index in [-0.39, 0.29) is 17.0 Å². The van der Waals surface area contributed by atoms with Crippen molar-refractivity contribution in [2.45, 2.75) is 26.1 Å². The predicted molar refractivity (Wildman–Crippen MR) is 83.8 cm³/mol. The van der Waals surface area contributed by atoms with Crippen LogP contribution in [0.1, 0.15) is 18.2 Å². The van der Waals surface area contributed by atoms with Gasteiger partial charge in [-0.05, 0) is 31.5 Å². The average molecular weight is 306 g/mol. The van der Waals surface area contributed by atoms with Crippen LogP contribution in [0.4, 0.5) is 5.69 Å². The van der Waals surface area contributed by atoms with E-state index in [2.05, 4.69) is 4.72 Å². The Morgan fingerprint density at radius 2 is 1.76 bits per heavy atom.